The number of hydrogen-bond donors (Lipinski definition) is 0. The third-order valence-electron chi connectivity index (χ3n) is 0.969. The number of halogens is 1. The van der Waals surface area contributed by atoms with E-state index in [2.05, 4.69) is 24.1 Å². The molecule has 0 unspecified atom stereocenters. The molecule has 0 atom stereocenters. The van der Waals surface area contributed by atoms with E-state index in [-0.39, 0.29) is 12.4 Å². The molecule has 0 amide bonds. The smallest absolute Gasteiger partial charge is 1.00 e. The van der Waals surface area contributed by atoms with Crippen molar-refractivity contribution in [3.05, 3.63) is 22.7 Å². The molecule has 8 heavy (non-hydrogen) atoms. The molecule has 1 aliphatic carbocycles. The summed E-state index contributed by atoms with van der Waals surface area (Å²) >= 11 is 0.984. The fourth-order valence-electron chi connectivity index (χ4n) is 0.561. The van der Waals surface area contributed by atoms with Crippen LogP contribution in [0.15, 0.2) is 22.7 Å². The predicted molar refractivity (Wildman–Crippen MR) is 27.7 cm³/mol. The van der Waals surface area contributed by atoms with Gasteiger partial charge >= 0.3 is 49.9 Å². The topological polar surface area (TPSA) is 0 Å². The summed E-state index contributed by atoms with van der Waals surface area (Å²) in [4.78, 5) is 0. The Morgan fingerprint density at radius 1 is 1.62 bits per heavy atom. The Balaban J connectivity index is 0.000000490. The second-order valence-corrected chi connectivity index (χ2v) is 2.78. The molecule has 0 spiro atoms. The van der Waals surface area contributed by atoms with Gasteiger partial charge in [0.05, 0.1) is 0 Å². The van der Waals surface area contributed by atoms with Crippen molar-refractivity contribution in [1.29, 1.82) is 0 Å². The first-order chi connectivity index (χ1) is 3.43. The van der Waals surface area contributed by atoms with E-state index >= 15 is 0 Å². The molecule has 1 aliphatic rings. The molecule has 2 heteroatoms. The first-order valence-electron chi connectivity index (χ1n) is 2.28. The summed E-state index contributed by atoms with van der Waals surface area (Å²) in [6.07, 6.45) is 7.75. The zero-order valence-corrected chi connectivity index (χ0v) is 6.63. The van der Waals surface area contributed by atoms with Gasteiger partial charge in [0.2, 0.25) is 0 Å². The Morgan fingerprint density at radius 3 is 2.62 bits per heavy atom. The molecule has 0 radical (unpaired) electrons. The average molecular weight is 171 g/mol. The van der Waals surface area contributed by atoms with Gasteiger partial charge in [-0.15, -0.1) is 0 Å². The Morgan fingerprint density at radius 2 is 2.38 bits per heavy atom. The molecule has 0 saturated heterocycles. The van der Waals surface area contributed by atoms with E-state index in [0.29, 0.717) is 0 Å². The molecular formula is C6H8ClMn. The van der Waals surface area contributed by atoms with Gasteiger partial charge in [-0.1, -0.05) is 0 Å². The van der Waals surface area contributed by atoms with Crippen LogP contribution in [0.5, 0.6) is 0 Å². The van der Waals surface area contributed by atoms with E-state index in [1.165, 1.54) is 6.42 Å². The zero-order valence-electron chi connectivity index (χ0n) is 4.70. The minimum Gasteiger partial charge on any atom is -1.00 e. The number of allylic oxidation sites excluding steroid dienone is 4. The van der Waals surface area contributed by atoms with Crippen LogP contribution >= 0.6 is 0 Å². The van der Waals surface area contributed by atoms with E-state index in [1.807, 2.05) is 0 Å². The van der Waals surface area contributed by atoms with Crippen LogP contribution in [0.2, 0.25) is 5.82 Å². The maximum absolute atomic E-state index is 2.22. The van der Waals surface area contributed by atoms with E-state index in [1.54, 1.807) is 4.47 Å². The van der Waals surface area contributed by atoms with Gasteiger partial charge in [-0.2, -0.15) is 0 Å². The molecule has 0 bridgehead atoms. The van der Waals surface area contributed by atoms with Crippen LogP contribution in [0, 0.1) is 0 Å². The van der Waals surface area contributed by atoms with Crippen LogP contribution in [-0.4, -0.2) is 0 Å². The van der Waals surface area contributed by atoms with Crippen molar-refractivity contribution in [3.63, 3.8) is 0 Å². The summed E-state index contributed by atoms with van der Waals surface area (Å²) in [5.41, 5.74) is 0. The molecule has 0 nitrogen and oxygen atoms in total. The second kappa shape index (κ2) is 4.20. The molecule has 0 aromatic carbocycles. The summed E-state index contributed by atoms with van der Waals surface area (Å²) in [6, 6.07) is 0. The standard InChI is InChI=1S/C5H5.CH3.ClH.Mn/c1-2-4-5-3-1;;;/h1-3H,4H2;1H3;1H;/q;;;+1/p-1. The van der Waals surface area contributed by atoms with Crippen LogP contribution in [0.25, 0.3) is 0 Å². The Bertz CT molecular complexity index is 116. The van der Waals surface area contributed by atoms with Gasteiger partial charge in [-0.25, -0.2) is 0 Å². The van der Waals surface area contributed by atoms with E-state index in [9.17, 15) is 0 Å². The van der Waals surface area contributed by atoms with E-state index < -0.39 is 0 Å². The van der Waals surface area contributed by atoms with Gasteiger partial charge in [0.1, 0.15) is 0 Å². The third-order valence-corrected chi connectivity index (χ3v) is 2.16. The molecule has 46 valence electrons. The van der Waals surface area contributed by atoms with Crippen molar-refractivity contribution in [2.75, 3.05) is 0 Å². The van der Waals surface area contributed by atoms with Gasteiger partial charge < -0.3 is 12.4 Å². The molecule has 0 aliphatic heterocycles. The van der Waals surface area contributed by atoms with Crippen molar-refractivity contribution >= 4 is 0 Å². The molecule has 0 aromatic heterocycles. The molecule has 0 saturated carbocycles. The quantitative estimate of drug-likeness (QED) is 0.442. The minimum atomic E-state index is 0. The van der Waals surface area contributed by atoms with Crippen molar-refractivity contribution in [2.24, 2.45) is 0 Å². The van der Waals surface area contributed by atoms with Crippen LogP contribution in [-0.2, 0) is 15.0 Å². The van der Waals surface area contributed by atoms with Crippen molar-refractivity contribution in [3.8, 4) is 0 Å². The van der Waals surface area contributed by atoms with Gasteiger partial charge in [0, 0.05) is 0 Å². The van der Waals surface area contributed by atoms with Gasteiger partial charge in [0.25, 0.3) is 0 Å². The second-order valence-electron chi connectivity index (χ2n) is 1.43. The van der Waals surface area contributed by atoms with E-state index in [0.717, 1.165) is 15.0 Å². The third kappa shape index (κ3) is 2.04. The SMILES string of the molecule is [CH3][Mn+][C]1=CC=CC1.[Cl-]. The van der Waals surface area contributed by atoms with Gasteiger partial charge in [0.15, 0.2) is 0 Å². The summed E-state index contributed by atoms with van der Waals surface area (Å²) in [5, 5.41) is 0. The van der Waals surface area contributed by atoms with Crippen LogP contribution < -0.4 is 12.4 Å². The van der Waals surface area contributed by atoms with Crippen LogP contribution in [0.4, 0.5) is 0 Å². The van der Waals surface area contributed by atoms with Crippen LogP contribution in [0.3, 0.4) is 0 Å². The maximum Gasteiger partial charge on any atom is -1.00 e. The Hall–Kier alpha value is 0.289. The van der Waals surface area contributed by atoms with Crippen LogP contribution in [0.1, 0.15) is 6.42 Å². The fourth-order valence-corrected chi connectivity index (χ4v) is 1.25. The minimum absolute atomic E-state index is 0. The summed E-state index contributed by atoms with van der Waals surface area (Å²) < 4.78 is 1.59. The molecular weight excluding hydrogens is 162 g/mol. The summed E-state index contributed by atoms with van der Waals surface area (Å²) in [7, 11) is 0. The molecule has 0 N–H and O–H groups in total. The summed E-state index contributed by atoms with van der Waals surface area (Å²) in [5.74, 6) is 2.22. The predicted octanol–water partition coefficient (Wildman–Crippen LogP) is -1.04. The zero-order chi connectivity index (χ0) is 5.11. The largest absolute Gasteiger partial charge is 1.00 e. The number of hydrogen-bond acceptors (Lipinski definition) is 0. The maximum atomic E-state index is 2.22. The fraction of sp³-hybridized carbons (Fsp3) is 0.333. The van der Waals surface area contributed by atoms with Gasteiger partial charge in [-0.05, 0) is 0 Å². The monoisotopic (exact) mass is 170 g/mol. The summed E-state index contributed by atoms with van der Waals surface area (Å²) in [6.45, 7) is 0. The molecule has 0 fully saturated rings. The van der Waals surface area contributed by atoms with E-state index in [4.69, 9.17) is 0 Å². The Labute approximate surface area is 62.6 Å². The van der Waals surface area contributed by atoms with Crippen molar-refractivity contribution in [2.45, 2.75) is 12.2 Å². The first kappa shape index (κ1) is 8.29. The Kier molecular flexibility index (Phi) is 4.35. The molecule has 1 rings (SSSR count). The first-order valence-corrected chi connectivity index (χ1v) is 4.05. The normalized spacial score (nSPS) is 15.4. The van der Waals surface area contributed by atoms with Crippen molar-refractivity contribution in [1.82, 2.24) is 0 Å². The number of rotatable bonds is 1. The van der Waals surface area contributed by atoms with Gasteiger partial charge in [-0.3, -0.25) is 0 Å². The van der Waals surface area contributed by atoms with Crippen molar-refractivity contribution < 1.29 is 27.4 Å². The average Bonchev–Trinajstić information content (AvgIpc) is 2.14. The molecule has 0 aromatic rings. The molecule has 0 heterocycles.